The van der Waals surface area contributed by atoms with Crippen LogP contribution in [0.2, 0.25) is 0 Å². The van der Waals surface area contributed by atoms with Crippen LogP contribution in [0.15, 0.2) is 22.7 Å². The monoisotopic (exact) mass is 390 g/mol. The van der Waals surface area contributed by atoms with Crippen LogP contribution in [-0.4, -0.2) is 37.0 Å². The van der Waals surface area contributed by atoms with E-state index in [0.29, 0.717) is 5.41 Å². The molecule has 0 saturated carbocycles. The second kappa shape index (κ2) is 7.28. The number of rotatable bonds is 1. The zero-order chi connectivity index (χ0) is 14.9. The number of nitrogens with one attached hydrogen (secondary N) is 1. The maximum Gasteiger partial charge on any atom is 0.256 e. The lowest BCUT2D eigenvalue weighted by Gasteiger charge is -2.44. The molecule has 1 aromatic carbocycles. The van der Waals surface area contributed by atoms with Gasteiger partial charge in [0.2, 0.25) is 0 Å². The zero-order valence-electron chi connectivity index (χ0n) is 12.4. The van der Waals surface area contributed by atoms with E-state index in [-0.39, 0.29) is 23.9 Å². The molecule has 2 aliphatic rings. The summed E-state index contributed by atoms with van der Waals surface area (Å²) >= 11 is 3.30. The van der Waals surface area contributed by atoms with Crippen molar-refractivity contribution in [2.75, 3.05) is 26.2 Å². The first-order valence-corrected chi connectivity index (χ1v) is 8.34. The number of nitrogens with zero attached hydrogens (tertiary/aromatic N) is 1. The van der Waals surface area contributed by atoms with Gasteiger partial charge in [-0.05, 0) is 62.4 Å². The average Bonchev–Trinajstić information content (AvgIpc) is 2.51. The van der Waals surface area contributed by atoms with Crippen molar-refractivity contribution >= 4 is 34.2 Å². The Bertz CT molecular complexity index is 539. The fourth-order valence-electron chi connectivity index (χ4n) is 3.47. The minimum absolute atomic E-state index is 0. The SMILES string of the molecule is Cl.O=C(c1cc(Br)ccc1F)N1CCC2(CCNCC2)CC1. The molecule has 122 valence electrons. The molecule has 1 amide bonds. The first-order valence-electron chi connectivity index (χ1n) is 7.55. The van der Waals surface area contributed by atoms with E-state index < -0.39 is 5.82 Å². The molecule has 2 aliphatic heterocycles. The third-order valence-electron chi connectivity index (χ3n) is 4.93. The maximum atomic E-state index is 13.8. The normalized spacial score (nSPS) is 20.5. The van der Waals surface area contributed by atoms with Crippen LogP contribution in [0.4, 0.5) is 4.39 Å². The Morgan fingerprint density at radius 1 is 1.18 bits per heavy atom. The number of halogens is 3. The Morgan fingerprint density at radius 3 is 2.45 bits per heavy atom. The van der Waals surface area contributed by atoms with Gasteiger partial charge in [-0.2, -0.15) is 0 Å². The van der Waals surface area contributed by atoms with Crippen molar-refractivity contribution in [3.05, 3.63) is 34.1 Å². The Hall–Kier alpha value is -0.650. The van der Waals surface area contributed by atoms with Gasteiger partial charge in [-0.25, -0.2) is 4.39 Å². The van der Waals surface area contributed by atoms with Gasteiger partial charge < -0.3 is 10.2 Å². The fraction of sp³-hybridized carbons (Fsp3) is 0.562. The number of amides is 1. The highest BCUT2D eigenvalue weighted by Gasteiger charge is 2.37. The second-order valence-electron chi connectivity index (χ2n) is 6.17. The summed E-state index contributed by atoms with van der Waals surface area (Å²) in [7, 11) is 0. The van der Waals surface area contributed by atoms with Crippen LogP contribution in [0.25, 0.3) is 0 Å². The van der Waals surface area contributed by atoms with Gasteiger partial charge in [-0.15, -0.1) is 12.4 Å². The van der Waals surface area contributed by atoms with Crippen molar-refractivity contribution in [2.45, 2.75) is 25.7 Å². The van der Waals surface area contributed by atoms with Gasteiger partial charge in [0.1, 0.15) is 5.82 Å². The molecule has 0 bridgehead atoms. The molecule has 0 unspecified atom stereocenters. The number of piperidine rings is 2. The molecule has 3 rings (SSSR count). The van der Waals surface area contributed by atoms with E-state index in [2.05, 4.69) is 21.2 Å². The molecule has 0 atom stereocenters. The van der Waals surface area contributed by atoms with Crippen LogP contribution in [0, 0.1) is 11.2 Å². The summed E-state index contributed by atoms with van der Waals surface area (Å²) in [6, 6.07) is 4.54. The van der Waals surface area contributed by atoms with Crippen LogP contribution in [-0.2, 0) is 0 Å². The van der Waals surface area contributed by atoms with Gasteiger partial charge in [0.15, 0.2) is 0 Å². The predicted octanol–water partition coefficient (Wildman–Crippen LogP) is 3.62. The standard InChI is InChI=1S/C16H20BrFN2O.ClH/c17-12-1-2-14(18)13(11-12)15(21)20-9-5-16(6-10-20)3-7-19-8-4-16;/h1-2,11,19H,3-10H2;1H. The van der Waals surface area contributed by atoms with Crippen LogP contribution >= 0.6 is 28.3 Å². The van der Waals surface area contributed by atoms with E-state index in [4.69, 9.17) is 0 Å². The summed E-state index contributed by atoms with van der Waals surface area (Å²) in [6.07, 6.45) is 4.46. The van der Waals surface area contributed by atoms with Crippen molar-refractivity contribution < 1.29 is 9.18 Å². The van der Waals surface area contributed by atoms with E-state index >= 15 is 0 Å². The Morgan fingerprint density at radius 2 is 1.82 bits per heavy atom. The summed E-state index contributed by atoms with van der Waals surface area (Å²) < 4.78 is 14.6. The largest absolute Gasteiger partial charge is 0.339 e. The fourth-order valence-corrected chi connectivity index (χ4v) is 3.83. The topological polar surface area (TPSA) is 32.3 Å². The quantitative estimate of drug-likeness (QED) is 0.793. The molecular weight excluding hydrogens is 371 g/mol. The van der Waals surface area contributed by atoms with Gasteiger partial charge in [-0.1, -0.05) is 15.9 Å². The highest BCUT2D eigenvalue weighted by Crippen LogP contribution is 2.39. The number of carbonyl (C=O) groups excluding carboxylic acids is 1. The molecule has 1 aromatic rings. The van der Waals surface area contributed by atoms with Crippen LogP contribution in [0.3, 0.4) is 0 Å². The van der Waals surface area contributed by atoms with Gasteiger partial charge in [0.25, 0.3) is 5.91 Å². The molecule has 3 nitrogen and oxygen atoms in total. The van der Waals surface area contributed by atoms with Crippen LogP contribution in [0.5, 0.6) is 0 Å². The lowest BCUT2D eigenvalue weighted by molar-refractivity contribution is 0.0492. The van der Waals surface area contributed by atoms with E-state index in [0.717, 1.165) is 43.5 Å². The molecule has 6 heteroatoms. The molecule has 1 N–H and O–H groups in total. The van der Waals surface area contributed by atoms with E-state index in [1.54, 1.807) is 17.0 Å². The van der Waals surface area contributed by atoms with E-state index in [9.17, 15) is 9.18 Å². The molecular formula is C16H21BrClFN2O. The van der Waals surface area contributed by atoms with Crippen LogP contribution in [0.1, 0.15) is 36.0 Å². The predicted molar refractivity (Wildman–Crippen MR) is 91.0 cm³/mol. The molecule has 0 aromatic heterocycles. The molecule has 0 aliphatic carbocycles. The first-order chi connectivity index (χ1) is 10.1. The van der Waals surface area contributed by atoms with Crippen molar-refractivity contribution in [3.8, 4) is 0 Å². The number of carbonyl (C=O) groups is 1. The molecule has 22 heavy (non-hydrogen) atoms. The van der Waals surface area contributed by atoms with Crippen molar-refractivity contribution in [1.29, 1.82) is 0 Å². The van der Waals surface area contributed by atoms with Crippen molar-refractivity contribution in [2.24, 2.45) is 5.41 Å². The smallest absolute Gasteiger partial charge is 0.256 e. The third-order valence-corrected chi connectivity index (χ3v) is 5.43. The summed E-state index contributed by atoms with van der Waals surface area (Å²) in [6.45, 7) is 3.64. The highest BCUT2D eigenvalue weighted by molar-refractivity contribution is 9.10. The molecule has 0 radical (unpaired) electrons. The second-order valence-corrected chi connectivity index (χ2v) is 7.08. The Labute approximate surface area is 145 Å². The summed E-state index contributed by atoms with van der Waals surface area (Å²) in [5.41, 5.74) is 0.573. The minimum Gasteiger partial charge on any atom is -0.339 e. The Kier molecular flexibility index (Phi) is 5.86. The summed E-state index contributed by atoms with van der Waals surface area (Å²) in [5, 5.41) is 3.39. The summed E-state index contributed by atoms with van der Waals surface area (Å²) in [5.74, 6) is -0.622. The lowest BCUT2D eigenvalue weighted by atomic mass is 9.71. The Balaban J connectivity index is 0.00000176. The molecule has 2 fully saturated rings. The zero-order valence-corrected chi connectivity index (χ0v) is 14.8. The number of likely N-dealkylation sites (tertiary alicyclic amines) is 1. The van der Waals surface area contributed by atoms with E-state index in [1.807, 2.05) is 0 Å². The lowest BCUT2D eigenvalue weighted by Crippen LogP contribution is -2.47. The third kappa shape index (κ3) is 3.63. The van der Waals surface area contributed by atoms with Crippen molar-refractivity contribution in [3.63, 3.8) is 0 Å². The van der Waals surface area contributed by atoms with Gasteiger partial charge in [0, 0.05) is 17.6 Å². The molecule has 1 spiro atoms. The molecule has 2 saturated heterocycles. The summed E-state index contributed by atoms with van der Waals surface area (Å²) in [4.78, 5) is 14.3. The maximum absolute atomic E-state index is 13.8. The highest BCUT2D eigenvalue weighted by atomic mass is 79.9. The van der Waals surface area contributed by atoms with Crippen molar-refractivity contribution in [1.82, 2.24) is 10.2 Å². The first kappa shape index (κ1) is 17.7. The number of benzene rings is 1. The molecule has 2 heterocycles. The van der Waals surface area contributed by atoms with Gasteiger partial charge in [-0.3, -0.25) is 4.79 Å². The average molecular weight is 392 g/mol. The number of hydrogen-bond acceptors (Lipinski definition) is 2. The minimum atomic E-state index is -0.439. The van der Waals surface area contributed by atoms with E-state index in [1.165, 1.54) is 18.9 Å². The number of hydrogen-bond donors (Lipinski definition) is 1. The van der Waals surface area contributed by atoms with Crippen LogP contribution < -0.4 is 5.32 Å². The van der Waals surface area contributed by atoms with Gasteiger partial charge in [0.05, 0.1) is 5.56 Å². The van der Waals surface area contributed by atoms with Gasteiger partial charge >= 0.3 is 0 Å².